The summed E-state index contributed by atoms with van der Waals surface area (Å²) in [6.45, 7) is 3.85. The first-order valence-corrected chi connectivity index (χ1v) is 10.4. The van der Waals surface area contributed by atoms with Crippen molar-refractivity contribution in [1.29, 1.82) is 0 Å². The Morgan fingerprint density at radius 2 is 2.21 bits per heavy atom. The second kappa shape index (κ2) is 7.64. The molecular formula is C20H20ClN3O3S. The van der Waals surface area contributed by atoms with Crippen LogP contribution in [0.4, 0.5) is 0 Å². The van der Waals surface area contributed by atoms with Gasteiger partial charge in [0.15, 0.2) is 10.9 Å². The van der Waals surface area contributed by atoms with Crippen molar-refractivity contribution in [3.05, 3.63) is 55.6 Å². The number of aromatic nitrogens is 3. The van der Waals surface area contributed by atoms with Gasteiger partial charge in [0.1, 0.15) is 6.61 Å². The third kappa shape index (κ3) is 3.44. The largest absolute Gasteiger partial charge is 0.459 e. The summed E-state index contributed by atoms with van der Waals surface area (Å²) in [6.07, 6.45) is 2.88. The van der Waals surface area contributed by atoms with E-state index in [1.54, 1.807) is 19.1 Å². The Morgan fingerprint density at radius 3 is 3.00 bits per heavy atom. The molecule has 0 saturated heterocycles. The summed E-state index contributed by atoms with van der Waals surface area (Å²) in [7, 11) is 0. The molecule has 1 aliphatic carbocycles. The van der Waals surface area contributed by atoms with Crippen molar-refractivity contribution in [1.82, 2.24) is 15.0 Å². The molecule has 0 saturated carbocycles. The van der Waals surface area contributed by atoms with Gasteiger partial charge in [0, 0.05) is 15.5 Å². The van der Waals surface area contributed by atoms with Crippen molar-refractivity contribution in [2.24, 2.45) is 5.92 Å². The van der Waals surface area contributed by atoms with Crippen LogP contribution in [0.3, 0.4) is 0 Å². The second-order valence-corrected chi connectivity index (χ2v) is 8.74. The van der Waals surface area contributed by atoms with Crippen LogP contribution >= 0.6 is 22.9 Å². The Bertz CT molecular complexity index is 1110. The van der Waals surface area contributed by atoms with E-state index in [0.29, 0.717) is 26.7 Å². The van der Waals surface area contributed by atoms with Crippen molar-refractivity contribution in [2.45, 2.75) is 45.8 Å². The Kier molecular flexibility index (Phi) is 5.21. The molecule has 0 amide bonds. The molecule has 2 atom stereocenters. The third-order valence-electron chi connectivity index (χ3n) is 5.18. The molecule has 146 valence electrons. The molecule has 0 radical (unpaired) electrons. The van der Waals surface area contributed by atoms with E-state index in [9.17, 15) is 9.59 Å². The molecule has 0 spiro atoms. The smallest absolute Gasteiger partial charge is 0.331 e. The highest BCUT2D eigenvalue weighted by atomic mass is 35.5. The van der Waals surface area contributed by atoms with Crippen molar-refractivity contribution >= 4 is 39.1 Å². The summed E-state index contributed by atoms with van der Waals surface area (Å²) < 4.78 is 6.48. The Hall–Kier alpha value is -2.25. The van der Waals surface area contributed by atoms with E-state index in [1.807, 2.05) is 12.1 Å². The molecule has 1 aromatic carbocycles. The molecule has 2 heterocycles. The Balaban J connectivity index is 1.60. The lowest BCUT2D eigenvalue weighted by atomic mass is 9.89. The van der Waals surface area contributed by atoms with E-state index in [1.165, 1.54) is 16.2 Å². The molecule has 0 bridgehead atoms. The van der Waals surface area contributed by atoms with E-state index in [0.717, 1.165) is 29.5 Å². The molecule has 0 N–H and O–H groups in total. The Morgan fingerprint density at radius 1 is 1.43 bits per heavy atom. The zero-order valence-electron chi connectivity index (χ0n) is 15.6. The minimum Gasteiger partial charge on any atom is -0.459 e. The van der Waals surface area contributed by atoms with Gasteiger partial charge in [-0.1, -0.05) is 41.9 Å². The van der Waals surface area contributed by atoms with E-state index in [4.69, 9.17) is 16.3 Å². The normalized spacial score (nSPS) is 17.3. The van der Waals surface area contributed by atoms with E-state index in [-0.39, 0.29) is 12.2 Å². The number of rotatable bonds is 4. The molecule has 1 aliphatic rings. The van der Waals surface area contributed by atoms with Crippen LogP contribution in [-0.2, 0) is 29.0 Å². The minimum absolute atomic E-state index is 0.0407. The van der Waals surface area contributed by atoms with Gasteiger partial charge in [-0.2, -0.15) is 4.68 Å². The molecular weight excluding hydrogens is 398 g/mol. The maximum atomic E-state index is 13.1. The topological polar surface area (TPSA) is 74.1 Å². The van der Waals surface area contributed by atoms with Gasteiger partial charge in [-0.25, -0.2) is 4.79 Å². The average Bonchev–Trinajstić information content (AvgIpc) is 3.05. The summed E-state index contributed by atoms with van der Waals surface area (Å²) in [5.74, 6) is 0.0582. The van der Waals surface area contributed by atoms with Crippen LogP contribution < -0.4 is 5.56 Å². The molecule has 6 nitrogen and oxygen atoms in total. The number of carbonyl (C=O) groups is 1. The number of halogens is 1. The fourth-order valence-electron chi connectivity index (χ4n) is 3.51. The summed E-state index contributed by atoms with van der Waals surface area (Å²) >= 11 is 7.63. The summed E-state index contributed by atoms with van der Waals surface area (Å²) in [5, 5.41) is 9.34. The number of hydrogen-bond acceptors (Lipinski definition) is 6. The lowest BCUT2D eigenvalue weighted by Crippen LogP contribution is -2.32. The van der Waals surface area contributed by atoms with E-state index < -0.39 is 12.0 Å². The van der Waals surface area contributed by atoms with Gasteiger partial charge in [0.2, 0.25) is 0 Å². The fraction of sp³-hybridized carbons (Fsp3) is 0.400. The first-order chi connectivity index (χ1) is 13.5. The number of nitrogens with zero attached hydrogens (tertiary/aromatic N) is 3. The van der Waals surface area contributed by atoms with Crippen molar-refractivity contribution in [3.63, 3.8) is 0 Å². The van der Waals surface area contributed by atoms with Gasteiger partial charge in [-0.15, -0.1) is 16.4 Å². The second-order valence-electron chi connectivity index (χ2n) is 7.25. The number of thiophene rings is 1. The SMILES string of the molecule is C[C@@H]1CCc2c(sc3nnn([C@@H](C)C(=O)OCc4ccccc4Cl)c(=O)c23)C1. The fourth-order valence-corrected chi connectivity index (χ4v) is 5.02. The van der Waals surface area contributed by atoms with Crippen LogP contribution in [0.15, 0.2) is 29.1 Å². The molecule has 0 aliphatic heterocycles. The van der Waals surface area contributed by atoms with Gasteiger partial charge in [-0.05, 0) is 43.7 Å². The van der Waals surface area contributed by atoms with Crippen LogP contribution in [0.2, 0.25) is 5.02 Å². The van der Waals surface area contributed by atoms with Crippen LogP contribution in [0.25, 0.3) is 10.2 Å². The highest BCUT2D eigenvalue weighted by Gasteiger charge is 2.26. The zero-order chi connectivity index (χ0) is 19.8. The summed E-state index contributed by atoms with van der Waals surface area (Å²) in [5.41, 5.74) is 1.50. The first-order valence-electron chi connectivity index (χ1n) is 9.25. The molecule has 8 heteroatoms. The van der Waals surface area contributed by atoms with E-state index >= 15 is 0 Å². The maximum absolute atomic E-state index is 13.1. The zero-order valence-corrected chi connectivity index (χ0v) is 17.2. The van der Waals surface area contributed by atoms with Crippen molar-refractivity contribution in [2.75, 3.05) is 0 Å². The van der Waals surface area contributed by atoms with Gasteiger partial charge in [0.25, 0.3) is 5.56 Å². The predicted molar refractivity (Wildman–Crippen MR) is 109 cm³/mol. The van der Waals surface area contributed by atoms with Gasteiger partial charge < -0.3 is 4.74 Å². The minimum atomic E-state index is -0.870. The highest BCUT2D eigenvalue weighted by molar-refractivity contribution is 7.18. The van der Waals surface area contributed by atoms with Gasteiger partial charge in [0.05, 0.1) is 5.39 Å². The monoisotopic (exact) mass is 417 g/mol. The molecule has 4 rings (SSSR count). The molecule has 0 fully saturated rings. The number of fused-ring (bicyclic) bond motifs is 3. The number of esters is 1. The first kappa shape index (κ1) is 19.1. The van der Waals surface area contributed by atoms with Crippen LogP contribution in [0.5, 0.6) is 0 Å². The van der Waals surface area contributed by atoms with Crippen molar-refractivity contribution in [3.8, 4) is 0 Å². The van der Waals surface area contributed by atoms with Crippen LogP contribution in [-0.4, -0.2) is 21.0 Å². The van der Waals surface area contributed by atoms with Crippen LogP contribution in [0, 0.1) is 5.92 Å². The predicted octanol–water partition coefficient (Wildman–Crippen LogP) is 3.94. The third-order valence-corrected chi connectivity index (χ3v) is 6.69. The lowest BCUT2D eigenvalue weighted by molar-refractivity contribution is -0.148. The maximum Gasteiger partial charge on any atom is 0.331 e. The summed E-state index contributed by atoms with van der Waals surface area (Å²) in [6, 6.07) is 6.28. The highest BCUT2D eigenvalue weighted by Crippen LogP contribution is 2.35. The van der Waals surface area contributed by atoms with Crippen LogP contribution in [0.1, 0.15) is 42.3 Å². The van der Waals surface area contributed by atoms with E-state index in [2.05, 4.69) is 17.2 Å². The van der Waals surface area contributed by atoms with Gasteiger partial charge >= 0.3 is 5.97 Å². The standard InChI is InChI=1S/C20H20ClN3O3S/c1-11-7-8-14-16(9-11)28-18-17(14)19(25)24(23-22-18)12(2)20(26)27-10-13-5-3-4-6-15(13)21/h3-6,11-12H,7-10H2,1-2H3/t11-,12+/m1/s1. The molecule has 2 aromatic heterocycles. The van der Waals surface area contributed by atoms with Gasteiger partial charge in [-0.3, -0.25) is 4.79 Å². The molecule has 3 aromatic rings. The number of aryl methyl sites for hydroxylation is 1. The number of benzene rings is 1. The summed E-state index contributed by atoms with van der Waals surface area (Å²) in [4.78, 5) is 27.4. The molecule has 28 heavy (non-hydrogen) atoms. The number of hydrogen-bond donors (Lipinski definition) is 0. The van der Waals surface area contributed by atoms with Crippen molar-refractivity contribution < 1.29 is 9.53 Å². The number of carbonyl (C=O) groups excluding carboxylic acids is 1. The molecule has 0 unspecified atom stereocenters. The quantitative estimate of drug-likeness (QED) is 0.601. The Labute approximate surface area is 171 Å². The average molecular weight is 418 g/mol. The lowest BCUT2D eigenvalue weighted by Gasteiger charge is -2.17. The number of ether oxygens (including phenoxy) is 1.